The van der Waals surface area contributed by atoms with Gasteiger partial charge in [-0.15, -0.1) is 0 Å². The molecule has 0 aliphatic carbocycles. The van der Waals surface area contributed by atoms with Crippen molar-refractivity contribution < 1.29 is 0 Å². The smallest absolute Gasteiger partial charge is 0.000781 e. The van der Waals surface area contributed by atoms with E-state index in [0.29, 0.717) is 12.0 Å². The Kier molecular flexibility index (Phi) is 70.7. The van der Waals surface area contributed by atoms with Crippen LogP contribution in [0.3, 0.4) is 0 Å². The van der Waals surface area contributed by atoms with Crippen LogP contribution in [0.1, 0.15) is 70.2 Å². The molecule has 15 heavy (non-hydrogen) atoms. The van der Waals surface area contributed by atoms with Gasteiger partial charge in [0.25, 0.3) is 0 Å². The van der Waals surface area contributed by atoms with Gasteiger partial charge in [0.15, 0.2) is 0 Å². The van der Waals surface area contributed by atoms with E-state index in [-0.39, 0.29) is 29.7 Å². The van der Waals surface area contributed by atoms with Crippen LogP contribution in [0.25, 0.3) is 0 Å². The van der Waals surface area contributed by atoms with Crippen LogP contribution in [-0.2, 0) is 0 Å². The molecular weight excluding hydrogens is 184 g/mol. The largest absolute Gasteiger partial charge is 0.330 e. The van der Waals surface area contributed by atoms with E-state index in [1.807, 2.05) is 6.92 Å². The molecule has 102 valence electrons. The lowest BCUT2D eigenvalue weighted by molar-refractivity contribution is 0.576. The molecule has 0 aromatic rings. The maximum atomic E-state index is 5.29. The van der Waals surface area contributed by atoms with Crippen molar-refractivity contribution in [1.29, 1.82) is 0 Å². The Morgan fingerprint density at radius 1 is 0.867 bits per heavy atom. The highest BCUT2D eigenvalue weighted by Crippen LogP contribution is 1.93. The first-order chi connectivity index (χ1) is 5.08. The van der Waals surface area contributed by atoms with Crippen molar-refractivity contribution in [2.45, 2.75) is 76.3 Å². The van der Waals surface area contributed by atoms with E-state index in [4.69, 9.17) is 11.5 Å². The third kappa shape index (κ3) is 56.4. The molecule has 0 aliphatic heterocycles. The van der Waals surface area contributed by atoms with Crippen LogP contribution < -0.4 is 11.5 Å². The highest BCUT2D eigenvalue weighted by molar-refractivity contribution is 4.45. The first-order valence-electron chi connectivity index (χ1n) is 4.54. The van der Waals surface area contributed by atoms with Crippen LogP contribution in [0.5, 0.6) is 0 Å². The molecule has 0 saturated carbocycles. The fourth-order valence-corrected chi connectivity index (χ4v) is 0.167. The Morgan fingerprint density at radius 2 is 1.13 bits per heavy atom. The molecular formula is C13H40N2. The summed E-state index contributed by atoms with van der Waals surface area (Å²) >= 11 is 0. The molecule has 0 amide bonds. The summed E-state index contributed by atoms with van der Waals surface area (Å²) in [5.41, 5.74) is 10.6. The average molecular weight is 224 g/mol. The molecule has 0 radical (unpaired) electrons. The van der Waals surface area contributed by atoms with E-state index >= 15 is 0 Å². The third-order valence-electron chi connectivity index (χ3n) is 1.74. The molecule has 2 heteroatoms. The van der Waals surface area contributed by atoms with Crippen LogP contribution in [0.15, 0.2) is 0 Å². The zero-order valence-electron chi connectivity index (χ0n) is 8.43. The fraction of sp³-hybridized carbons (Fsp3) is 1.00. The number of rotatable bonds is 3. The second-order valence-electron chi connectivity index (χ2n) is 3.13. The molecule has 0 aliphatic rings. The van der Waals surface area contributed by atoms with E-state index in [9.17, 15) is 0 Å². The van der Waals surface area contributed by atoms with Gasteiger partial charge in [-0.3, -0.25) is 0 Å². The Bertz CT molecular complexity index is 59.6. The maximum Gasteiger partial charge on any atom is 0.000781 e. The van der Waals surface area contributed by atoms with Crippen molar-refractivity contribution in [1.82, 2.24) is 0 Å². The van der Waals surface area contributed by atoms with Gasteiger partial charge in [0, 0.05) is 6.04 Å². The molecule has 0 spiro atoms. The highest BCUT2D eigenvalue weighted by Gasteiger charge is 1.88. The summed E-state index contributed by atoms with van der Waals surface area (Å²) in [5, 5.41) is 0. The normalized spacial score (nSPS) is 10.8. The van der Waals surface area contributed by atoms with Crippen LogP contribution in [0.4, 0.5) is 0 Å². The predicted octanol–water partition coefficient (Wildman–Crippen LogP) is 4.28. The van der Waals surface area contributed by atoms with Gasteiger partial charge in [0.2, 0.25) is 0 Å². The summed E-state index contributed by atoms with van der Waals surface area (Å²) in [6.07, 6.45) is 2.29. The minimum absolute atomic E-state index is 0. The molecule has 0 bridgehead atoms. The topological polar surface area (TPSA) is 52.0 Å². The zero-order chi connectivity index (χ0) is 9.28. The molecule has 2 atom stereocenters. The highest BCUT2D eigenvalue weighted by atomic mass is 14.6. The molecule has 2 nitrogen and oxygen atoms in total. The Balaban J connectivity index is -0.0000000215. The zero-order valence-corrected chi connectivity index (χ0v) is 8.43. The summed E-state index contributed by atoms with van der Waals surface area (Å²) < 4.78 is 0. The van der Waals surface area contributed by atoms with Crippen LogP contribution in [0.2, 0.25) is 0 Å². The molecule has 0 aromatic carbocycles. The van der Waals surface area contributed by atoms with E-state index in [1.165, 1.54) is 6.42 Å². The van der Waals surface area contributed by atoms with E-state index in [2.05, 4.69) is 20.8 Å². The van der Waals surface area contributed by atoms with Gasteiger partial charge in [-0.2, -0.15) is 0 Å². The average Bonchev–Trinajstić information content (AvgIpc) is 2.04. The van der Waals surface area contributed by atoms with Crippen molar-refractivity contribution in [2.75, 3.05) is 6.54 Å². The molecule has 0 rings (SSSR count). The summed E-state index contributed by atoms with van der Waals surface area (Å²) in [5.74, 6) is 0.713. The Labute approximate surface area is 101 Å². The third-order valence-corrected chi connectivity index (χ3v) is 1.74. The van der Waals surface area contributed by atoms with Crippen molar-refractivity contribution >= 4 is 0 Å². The lowest BCUT2D eigenvalue weighted by atomic mass is 10.1. The van der Waals surface area contributed by atoms with Crippen molar-refractivity contribution in [3.8, 4) is 0 Å². The van der Waals surface area contributed by atoms with E-state index in [1.54, 1.807) is 0 Å². The standard InChI is InChI=1S/C5H13N.C4H11N.4CH4/c1-3-5(2)4-6;1-3-4(2)5;;;;/h5H,3-4,6H2,1-2H3;4H,3,5H2,1-2H3;4*1H4. The maximum absolute atomic E-state index is 5.29. The van der Waals surface area contributed by atoms with Crippen LogP contribution in [0, 0.1) is 5.92 Å². The minimum atomic E-state index is 0. The molecule has 0 fully saturated rings. The minimum Gasteiger partial charge on any atom is -0.330 e. The van der Waals surface area contributed by atoms with E-state index in [0.717, 1.165) is 13.0 Å². The predicted molar refractivity (Wildman–Crippen MR) is 79.4 cm³/mol. The van der Waals surface area contributed by atoms with Crippen molar-refractivity contribution in [3.63, 3.8) is 0 Å². The second-order valence-corrected chi connectivity index (χ2v) is 3.13. The number of hydrogen-bond acceptors (Lipinski definition) is 2. The molecule has 0 heterocycles. The fourth-order valence-electron chi connectivity index (χ4n) is 0.167. The van der Waals surface area contributed by atoms with Gasteiger partial charge in [0.1, 0.15) is 0 Å². The molecule has 2 unspecified atom stereocenters. The lowest BCUT2D eigenvalue weighted by Crippen LogP contribution is -2.11. The summed E-state index contributed by atoms with van der Waals surface area (Å²) in [4.78, 5) is 0. The van der Waals surface area contributed by atoms with Crippen LogP contribution in [-0.4, -0.2) is 12.6 Å². The van der Waals surface area contributed by atoms with Crippen LogP contribution >= 0.6 is 0 Å². The SMILES string of the molecule is C.C.C.C.CCC(C)CN.CCC(C)N. The summed E-state index contributed by atoms with van der Waals surface area (Å²) in [6.45, 7) is 9.21. The number of nitrogens with two attached hydrogens (primary N) is 2. The van der Waals surface area contributed by atoms with Crippen molar-refractivity contribution in [3.05, 3.63) is 0 Å². The Morgan fingerprint density at radius 3 is 1.13 bits per heavy atom. The lowest BCUT2D eigenvalue weighted by Gasteiger charge is -1.98. The van der Waals surface area contributed by atoms with Gasteiger partial charge in [-0.25, -0.2) is 0 Å². The van der Waals surface area contributed by atoms with Gasteiger partial charge >= 0.3 is 0 Å². The summed E-state index contributed by atoms with van der Waals surface area (Å²) in [6, 6.07) is 0.384. The second kappa shape index (κ2) is 29.2. The molecule has 4 N–H and O–H groups in total. The first-order valence-corrected chi connectivity index (χ1v) is 4.54. The monoisotopic (exact) mass is 224 g/mol. The van der Waals surface area contributed by atoms with Gasteiger partial charge in [0.05, 0.1) is 0 Å². The Hall–Kier alpha value is -0.0800. The van der Waals surface area contributed by atoms with Gasteiger partial charge in [-0.05, 0) is 25.8 Å². The van der Waals surface area contributed by atoms with Crippen molar-refractivity contribution in [2.24, 2.45) is 17.4 Å². The van der Waals surface area contributed by atoms with E-state index < -0.39 is 0 Å². The van der Waals surface area contributed by atoms with Gasteiger partial charge < -0.3 is 11.5 Å². The molecule has 0 aromatic heterocycles. The molecule has 0 saturated heterocycles. The first kappa shape index (κ1) is 36.3. The van der Waals surface area contributed by atoms with Gasteiger partial charge in [-0.1, -0.05) is 56.9 Å². The number of hydrogen-bond donors (Lipinski definition) is 2. The quantitative estimate of drug-likeness (QED) is 0.752. The summed E-state index contributed by atoms with van der Waals surface area (Å²) in [7, 11) is 0.